The van der Waals surface area contributed by atoms with Gasteiger partial charge in [0.2, 0.25) is 0 Å². The number of anilines is 1. The van der Waals surface area contributed by atoms with Crippen molar-refractivity contribution < 1.29 is 4.74 Å². The second-order valence-electron chi connectivity index (χ2n) is 5.93. The van der Waals surface area contributed by atoms with Crippen LogP contribution in [0.3, 0.4) is 0 Å². The zero-order chi connectivity index (χ0) is 14.1. The van der Waals surface area contributed by atoms with Crippen molar-refractivity contribution >= 4 is 5.69 Å². The zero-order valence-corrected chi connectivity index (χ0v) is 11.9. The molecule has 0 saturated heterocycles. The van der Waals surface area contributed by atoms with Crippen LogP contribution in [0, 0.1) is 11.8 Å². The normalized spacial score (nSPS) is 26.0. The number of fused-ring (bicyclic) bond motifs is 1. The van der Waals surface area contributed by atoms with Gasteiger partial charge in [-0.2, -0.15) is 0 Å². The van der Waals surface area contributed by atoms with Gasteiger partial charge in [-0.15, -0.1) is 0 Å². The molecule has 2 aliphatic rings. The molecule has 0 bridgehead atoms. The summed E-state index contributed by atoms with van der Waals surface area (Å²) in [5, 5.41) is 3.64. The van der Waals surface area contributed by atoms with Gasteiger partial charge in [0.15, 0.2) is 0 Å². The Hall–Kier alpha value is -2.22. The predicted molar refractivity (Wildman–Crippen MR) is 85.7 cm³/mol. The fourth-order valence-electron chi connectivity index (χ4n) is 3.37. The van der Waals surface area contributed by atoms with Gasteiger partial charge in [-0.05, 0) is 43.0 Å². The van der Waals surface area contributed by atoms with Crippen molar-refractivity contribution in [2.75, 3.05) is 5.32 Å². The number of rotatable bonds is 4. The van der Waals surface area contributed by atoms with E-state index in [-0.39, 0.29) is 0 Å². The van der Waals surface area contributed by atoms with Crippen LogP contribution >= 0.6 is 0 Å². The molecule has 2 nitrogen and oxygen atoms in total. The lowest BCUT2D eigenvalue weighted by Crippen LogP contribution is -2.43. The highest BCUT2D eigenvalue weighted by Crippen LogP contribution is 2.44. The first-order valence-electron chi connectivity index (χ1n) is 7.65. The molecule has 1 N–H and O–H groups in total. The summed E-state index contributed by atoms with van der Waals surface area (Å²) in [4.78, 5) is 0. The number of benzene rings is 2. The number of nitrogens with one attached hydrogen (secondary N) is 1. The third-order valence-electron chi connectivity index (χ3n) is 4.53. The Morgan fingerprint density at radius 1 is 0.952 bits per heavy atom. The van der Waals surface area contributed by atoms with Gasteiger partial charge in [-0.25, -0.2) is 0 Å². The minimum absolute atomic E-state index is 0.584. The number of para-hydroxylation sites is 1. The summed E-state index contributed by atoms with van der Waals surface area (Å²) >= 11 is 0. The third-order valence-corrected chi connectivity index (χ3v) is 4.53. The molecule has 3 atom stereocenters. The van der Waals surface area contributed by atoms with E-state index < -0.39 is 0 Å². The van der Waals surface area contributed by atoms with Crippen LogP contribution in [0.25, 0.3) is 0 Å². The minimum atomic E-state index is 0.584. The molecule has 1 saturated carbocycles. The molecule has 21 heavy (non-hydrogen) atoms. The van der Waals surface area contributed by atoms with Gasteiger partial charge in [0.25, 0.3) is 0 Å². The molecule has 3 unspecified atom stereocenters. The second-order valence-corrected chi connectivity index (χ2v) is 5.93. The molecular formula is C19H19NO. The first-order chi connectivity index (χ1) is 10.4. The van der Waals surface area contributed by atoms with Crippen molar-refractivity contribution in [1.29, 1.82) is 0 Å². The van der Waals surface area contributed by atoms with Crippen LogP contribution in [0.2, 0.25) is 0 Å². The van der Waals surface area contributed by atoms with Crippen molar-refractivity contribution in [1.82, 2.24) is 0 Å². The topological polar surface area (TPSA) is 21.3 Å². The average Bonchev–Trinajstić information content (AvgIpc) is 2.88. The smallest absolute Gasteiger partial charge is 0.129 e. The van der Waals surface area contributed by atoms with Crippen LogP contribution in [0.1, 0.15) is 12.8 Å². The summed E-state index contributed by atoms with van der Waals surface area (Å²) in [5.41, 5.74) is 1.15. The molecular weight excluding hydrogens is 258 g/mol. The maximum Gasteiger partial charge on any atom is 0.129 e. The lowest BCUT2D eigenvalue weighted by atomic mass is 9.71. The molecule has 0 aliphatic heterocycles. The molecule has 0 aromatic heterocycles. The van der Waals surface area contributed by atoms with Gasteiger partial charge in [0, 0.05) is 23.7 Å². The first-order valence-corrected chi connectivity index (χ1v) is 7.65. The van der Waals surface area contributed by atoms with Crippen LogP contribution in [0.4, 0.5) is 5.69 Å². The van der Waals surface area contributed by atoms with Crippen molar-refractivity contribution in [2.24, 2.45) is 11.8 Å². The Morgan fingerprint density at radius 3 is 2.67 bits per heavy atom. The van der Waals surface area contributed by atoms with Crippen LogP contribution in [-0.2, 0) is 0 Å². The highest BCUT2D eigenvalue weighted by atomic mass is 16.5. The Bertz CT molecular complexity index is 650. The lowest BCUT2D eigenvalue weighted by Gasteiger charge is -2.41. The van der Waals surface area contributed by atoms with E-state index in [4.69, 9.17) is 4.74 Å². The summed E-state index contributed by atoms with van der Waals surface area (Å²) in [6.07, 6.45) is 7.24. The first kappa shape index (κ1) is 12.5. The van der Waals surface area contributed by atoms with Crippen molar-refractivity contribution in [2.45, 2.75) is 18.9 Å². The molecule has 4 rings (SSSR count). The van der Waals surface area contributed by atoms with Gasteiger partial charge in [0.05, 0.1) is 0 Å². The fourth-order valence-corrected chi connectivity index (χ4v) is 3.37. The summed E-state index contributed by atoms with van der Waals surface area (Å²) in [7, 11) is 0. The Morgan fingerprint density at radius 2 is 1.81 bits per heavy atom. The summed E-state index contributed by atoms with van der Waals surface area (Å²) < 4.78 is 5.88. The monoisotopic (exact) mass is 277 g/mol. The molecule has 0 amide bonds. The summed E-state index contributed by atoms with van der Waals surface area (Å²) in [6.45, 7) is 0. The molecule has 0 spiro atoms. The van der Waals surface area contributed by atoms with Gasteiger partial charge in [-0.3, -0.25) is 0 Å². The van der Waals surface area contributed by atoms with E-state index in [1.54, 1.807) is 0 Å². The van der Waals surface area contributed by atoms with E-state index in [2.05, 4.69) is 29.6 Å². The van der Waals surface area contributed by atoms with Gasteiger partial charge in [0.1, 0.15) is 11.5 Å². The van der Waals surface area contributed by atoms with Gasteiger partial charge in [-0.1, -0.05) is 36.4 Å². The van der Waals surface area contributed by atoms with E-state index in [9.17, 15) is 0 Å². The maximum absolute atomic E-state index is 5.88. The average molecular weight is 277 g/mol. The Labute approximate surface area is 125 Å². The van der Waals surface area contributed by atoms with Gasteiger partial charge < -0.3 is 10.1 Å². The molecule has 106 valence electrons. The van der Waals surface area contributed by atoms with E-state index in [0.29, 0.717) is 6.04 Å². The number of allylic oxidation sites excluding steroid dienone is 1. The van der Waals surface area contributed by atoms with E-state index in [1.165, 1.54) is 12.8 Å². The molecule has 0 radical (unpaired) electrons. The van der Waals surface area contributed by atoms with E-state index in [0.717, 1.165) is 29.0 Å². The van der Waals surface area contributed by atoms with Crippen molar-refractivity contribution in [3.8, 4) is 11.5 Å². The molecule has 2 aliphatic carbocycles. The predicted octanol–water partition coefficient (Wildman–Crippen LogP) is 4.86. The number of hydrogen-bond donors (Lipinski definition) is 1. The van der Waals surface area contributed by atoms with Crippen molar-refractivity contribution in [3.05, 3.63) is 66.7 Å². The summed E-state index contributed by atoms with van der Waals surface area (Å²) in [6, 6.07) is 18.7. The van der Waals surface area contributed by atoms with Gasteiger partial charge >= 0.3 is 0 Å². The molecule has 2 aromatic rings. The molecule has 2 heteroatoms. The van der Waals surface area contributed by atoms with Crippen LogP contribution in [0.5, 0.6) is 11.5 Å². The lowest BCUT2D eigenvalue weighted by molar-refractivity contribution is 0.218. The standard InChI is InChI=1S/C19H19NO/c1-2-8-16(9-3-1)21-17-10-5-7-15(13-17)20-19-12-14-6-4-11-18(14)19/h1-5,7-11,13-14,18-20H,6,12H2. The molecule has 1 fully saturated rings. The Balaban J connectivity index is 1.45. The SMILES string of the molecule is C1=CC2C(C1)CC2Nc1cccc(Oc2ccccc2)c1. The molecule has 2 aromatic carbocycles. The zero-order valence-electron chi connectivity index (χ0n) is 11.9. The number of hydrogen-bond acceptors (Lipinski definition) is 2. The van der Waals surface area contributed by atoms with Crippen LogP contribution in [-0.4, -0.2) is 6.04 Å². The Kier molecular flexibility index (Phi) is 3.15. The van der Waals surface area contributed by atoms with Crippen LogP contribution in [0.15, 0.2) is 66.7 Å². The quantitative estimate of drug-likeness (QED) is 0.806. The fraction of sp³-hybridized carbons (Fsp3) is 0.263. The second kappa shape index (κ2) is 5.28. The third kappa shape index (κ3) is 2.54. The van der Waals surface area contributed by atoms with E-state index in [1.807, 2.05) is 42.5 Å². The number of ether oxygens (including phenoxy) is 1. The maximum atomic E-state index is 5.88. The molecule has 0 heterocycles. The minimum Gasteiger partial charge on any atom is -0.457 e. The summed E-state index contributed by atoms with van der Waals surface area (Å²) in [5.74, 6) is 3.36. The highest BCUT2D eigenvalue weighted by molar-refractivity contribution is 5.50. The van der Waals surface area contributed by atoms with Crippen LogP contribution < -0.4 is 10.1 Å². The van der Waals surface area contributed by atoms with E-state index >= 15 is 0 Å². The largest absolute Gasteiger partial charge is 0.457 e. The highest BCUT2D eigenvalue weighted by Gasteiger charge is 2.40. The van der Waals surface area contributed by atoms with Crippen molar-refractivity contribution in [3.63, 3.8) is 0 Å².